The van der Waals surface area contributed by atoms with Crippen molar-refractivity contribution in [2.75, 3.05) is 0 Å². The molecule has 0 aromatic heterocycles. The summed E-state index contributed by atoms with van der Waals surface area (Å²) in [7, 11) is -1.46. The van der Waals surface area contributed by atoms with Crippen LogP contribution in [0.3, 0.4) is 0 Å². The topological polar surface area (TPSA) is 0 Å². The predicted molar refractivity (Wildman–Crippen MR) is 181 cm³/mol. The van der Waals surface area contributed by atoms with Crippen molar-refractivity contribution in [3.8, 4) is 11.1 Å². The molecule has 41 heavy (non-hydrogen) atoms. The Morgan fingerprint density at radius 1 is 0.317 bits per heavy atom. The Morgan fingerprint density at radius 3 is 0.951 bits per heavy atom. The fraction of sp³-hybridized carbons (Fsp3) is 0.0769. The van der Waals surface area contributed by atoms with E-state index in [4.69, 9.17) is 0 Å². The van der Waals surface area contributed by atoms with E-state index >= 15 is 0 Å². The third-order valence-corrected chi connectivity index (χ3v) is 12.9. The average Bonchev–Trinajstić information content (AvgIpc) is 3.24. The van der Waals surface area contributed by atoms with Crippen molar-refractivity contribution in [2.24, 2.45) is 0 Å². The molecule has 0 amide bonds. The lowest BCUT2D eigenvalue weighted by Crippen LogP contribution is -2.26. The highest BCUT2D eigenvalue weighted by molar-refractivity contribution is 7.80. The molecule has 0 radical (unpaired) electrons. The van der Waals surface area contributed by atoms with Crippen molar-refractivity contribution in [3.63, 3.8) is 0 Å². The molecule has 0 heterocycles. The largest absolute Gasteiger partial charge is 0.0622 e. The number of aryl methyl sites for hydroxylation is 2. The molecular weight excluding hydrogens is 530 g/mol. The molecule has 1 aliphatic carbocycles. The van der Waals surface area contributed by atoms with Crippen LogP contribution < -0.4 is 31.8 Å². The summed E-state index contributed by atoms with van der Waals surface area (Å²) >= 11 is 0. The summed E-state index contributed by atoms with van der Waals surface area (Å²) in [6.45, 7) is 0. The molecule has 1 aliphatic rings. The van der Waals surface area contributed by atoms with Gasteiger partial charge >= 0.3 is 0 Å². The van der Waals surface area contributed by atoms with Crippen LogP contribution in [0.5, 0.6) is 0 Å². The molecule has 0 aliphatic heterocycles. The quantitative estimate of drug-likeness (QED) is 0.186. The van der Waals surface area contributed by atoms with E-state index in [-0.39, 0.29) is 0 Å². The van der Waals surface area contributed by atoms with Gasteiger partial charge in [-0.2, -0.15) is 0 Å². The summed E-state index contributed by atoms with van der Waals surface area (Å²) in [6.07, 6.45) is 3.40. The van der Waals surface area contributed by atoms with Crippen LogP contribution in [0.15, 0.2) is 158 Å². The van der Waals surface area contributed by atoms with E-state index in [1.165, 1.54) is 60.5 Å². The second kappa shape index (κ2) is 12.0. The lowest BCUT2D eigenvalue weighted by Gasteiger charge is -2.28. The van der Waals surface area contributed by atoms with Crippen LogP contribution in [0.2, 0.25) is 0 Å². The first-order valence-corrected chi connectivity index (χ1v) is 17.1. The van der Waals surface area contributed by atoms with E-state index in [9.17, 15) is 0 Å². The van der Waals surface area contributed by atoms with Gasteiger partial charge in [-0.3, -0.25) is 0 Å². The summed E-state index contributed by atoms with van der Waals surface area (Å²) < 4.78 is 0. The van der Waals surface area contributed by atoms with Crippen molar-refractivity contribution < 1.29 is 0 Å². The van der Waals surface area contributed by atoms with Crippen LogP contribution in [0.25, 0.3) is 11.1 Å². The first-order valence-electron chi connectivity index (χ1n) is 14.4. The third kappa shape index (κ3) is 5.20. The number of hydrogen-bond acceptors (Lipinski definition) is 0. The van der Waals surface area contributed by atoms with Gasteiger partial charge in [0.05, 0.1) is 0 Å². The molecule has 0 fully saturated rings. The Morgan fingerprint density at radius 2 is 0.634 bits per heavy atom. The maximum Gasteiger partial charge on any atom is -0.00588 e. The molecule has 0 atom stereocenters. The molecule has 6 aromatic carbocycles. The first-order chi connectivity index (χ1) is 20.4. The van der Waals surface area contributed by atoms with Crippen molar-refractivity contribution in [1.82, 2.24) is 0 Å². The van der Waals surface area contributed by atoms with Gasteiger partial charge in [-0.15, -0.1) is 0 Å². The van der Waals surface area contributed by atoms with Crippen LogP contribution in [0.4, 0.5) is 0 Å². The molecule has 0 saturated carbocycles. The Bertz CT molecular complexity index is 1540. The van der Waals surface area contributed by atoms with Gasteiger partial charge in [0.1, 0.15) is 0 Å². The zero-order valence-corrected chi connectivity index (χ0v) is 24.8. The average molecular weight is 563 g/mol. The van der Waals surface area contributed by atoms with Crippen LogP contribution in [0.1, 0.15) is 17.5 Å². The second-order valence-corrected chi connectivity index (χ2v) is 14.9. The Hall–Kier alpha value is -3.82. The molecule has 6 aromatic rings. The number of fused-ring (bicyclic) bond motifs is 3. The summed E-state index contributed by atoms with van der Waals surface area (Å²) in [6, 6.07) is 58.9. The van der Waals surface area contributed by atoms with Crippen LogP contribution in [-0.2, 0) is 12.8 Å². The summed E-state index contributed by atoms with van der Waals surface area (Å²) in [5.74, 6) is 0. The van der Waals surface area contributed by atoms with Gasteiger partial charge in [0, 0.05) is 0 Å². The Balaban J connectivity index is 1.53. The smallest absolute Gasteiger partial charge is 0.00588 e. The lowest BCUT2D eigenvalue weighted by molar-refractivity contribution is 0.835. The second-order valence-electron chi connectivity index (χ2n) is 10.5. The number of rotatable bonds is 6. The molecule has 2 heteroatoms. The number of benzene rings is 6. The van der Waals surface area contributed by atoms with E-state index in [0.29, 0.717) is 0 Å². The van der Waals surface area contributed by atoms with E-state index in [1.807, 2.05) is 0 Å². The predicted octanol–water partition coefficient (Wildman–Crippen LogP) is 7.36. The molecule has 198 valence electrons. The van der Waals surface area contributed by atoms with E-state index < -0.39 is 15.8 Å². The highest BCUT2D eigenvalue weighted by Gasteiger charge is 2.29. The minimum atomic E-state index is -0.730. The van der Waals surface area contributed by atoms with Gasteiger partial charge in [-0.05, 0) is 89.2 Å². The van der Waals surface area contributed by atoms with E-state index in [2.05, 4.69) is 158 Å². The normalized spacial score (nSPS) is 12.5. The van der Waals surface area contributed by atoms with Crippen molar-refractivity contribution in [3.05, 3.63) is 169 Å². The Labute approximate surface area is 246 Å². The summed E-state index contributed by atoms with van der Waals surface area (Å²) in [5.41, 5.74) is 5.94. The molecule has 0 saturated heterocycles. The minimum Gasteiger partial charge on any atom is -0.0622 e. The van der Waals surface area contributed by atoms with Gasteiger partial charge < -0.3 is 0 Å². The van der Waals surface area contributed by atoms with E-state index in [1.54, 1.807) is 0 Å². The van der Waals surface area contributed by atoms with Gasteiger partial charge in [-0.1, -0.05) is 158 Å². The highest BCUT2D eigenvalue weighted by Crippen LogP contribution is 2.44. The standard InChI is InChI=1S/C39H32P2/c1-5-20-32(21-6-1)40(33-22-7-2-8-23-33)36-28-14-18-30-16-13-17-31-19-15-29-37(39(31)38(30)36)41(34-24-9-3-10-25-34)35-26-11-4-12-27-35/h1-12,14-15,18-29H,13,16-17H2. The van der Waals surface area contributed by atoms with Crippen molar-refractivity contribution in [1.29, 1.82) is 0 Å². The fourth-order valence-corrected chi connectivity index (χ4v) is 11.2. The molecule has 0 unspecified atom stereocenters. The SMILES string of the molecule is c1ccc(P(c2ccccc2)c2cccc3c2-c2c(cccc2P(c2ccccc2)c2ccccc2)CCC3)cc1. The fourth-order valence-electron chi connectivity index (χ4n) is 6.17. The summed E-state index contributed by atoms with van der Waals surface area (Å²) in [5, 5.41) is 8.55. The van der Waals surface area contributed by atoms with Crippen LogP contribution in [-0.4, -0.2) is 0 Å². The molecular formula is C39H32P2. The minimum absolute atomic E-state index is 0.730. The van der Waals surface area contributed by atoms with E-state index in [0.717, 1.165) is 12.8 Å². The lowest BCUT2D eigenvalue weighted by atomic mass is 9.96. The van der Waals surface area contributed by atoms with Crippen LogP contribution in [0, 0.1) is 0 Å². The van der Waals surface area contributed by atoms with Gasteiger partial charge in [-0.25, -0.2) is 0 Å². The first kappa shape index (κ1) is 26.1. The molecule has 0 spiro atoms. The van der Waals surface area contributed by atoms with Crippen LogP contribution >= 0.6 is 15.8 Å². The monoisotopic (exact) mass is 562 g/mol. The summed E-state index contributed by atoms with van der Waals surface area (Å²) in [4.78, 5) is 0. The zero-order valence-electron chi connectivity index (χ0n) is 23.0. The maximum atomic E-state index is 2.42. The van der Waals surface area contributed by atoms with Gasteiger partial charge in [0.25, 0.3) is 0 Å². The third-order valence-electron chi connectivity index (χ3n) is 7.94. The highest BCUT2D eigenvalue weighted by atomic mass is 31.1. The Kier molecular flexibility index (Phi) is 7.62. The molecule has 0 N–H and O–H groups in total. The number of hydrogen-bond donors (Lipinski definition) is 0. The van der Waals surface area contributed by atoms with Gasteiger partial charge in [0.2, 0.25) is 0 Å². The van der Waals surface area contributed by atoms with Crippen molar-refractivity contribution in [2.45, 2.75) is 19.3 Å². The molecule has 0 nitrogen and oxygen atoms in total. The van der Waals surface area contributed by atoms with Gasteiger partial charge in [0.15, 0.2) is 0 Å². The molecule has 0 bridgehead atoms. The van der Waals surface area contributed by atoms with Crippen molar-refractivity contribution >= 4 is 47.7 Å². The maximum absolute atomic E-state index is 2.42. The molecule has 7 rings (SSSR count). The zero-order chi connectivity index (χ0) is 27.4.